The van der Waals surface area contributed by atoms with E-state index < -0.39 is 0 Å². The molecular formula is C9H15N3S. The van der Waals surface area contributed by atoms with Crippen LogP contribution < -0.4 is 5.32 Å². The molecule has 0 bridgehead atoms. The van der Waals surface area contributed by atoms with Crippen LogP contribution in [0.2, 0.25) is 0 Å². The van der Waals surface area contributed by atoms with E-state index in [4.69, 9.17) is 0 Å². The van der Waals surface area contributed by atoms with Crippen LogP contribution in [0.25, 0.3) is 0 Å². The van der Waals surface area contributed by atoms with Crippen molar-refractivity contribution in [2.24, 2.45) is 5.92 Å². The zero-order valence-corrected chi connectivity index (χ0v) is 8.73. The molecule has 0 aliphatic heterocycles. The molecule has 0 unspecified atom stereocenters. The van der Waals surface area contributed by atoms with Crippen molar-refractivity contribution >= 4 is 16.7 Å². The fourth-order valence-electron chi connectivity index (χ4n) is 1.26. The lowest BCUT2D eigenvalue weighted by atomic mass is 10.3. The molecule has 1 fully saturated rings. The van der Waals surface area contributed by atoms with Crippen LogP contribution in [0.15, 0.2) is 0 Å². The number of hydrogen-bond acceptors (Lipinski definition) is 4. The van der Waals surface area contributed by atoms with Crippen molar-refractivity contribution in [3.63, 3.8) is 0 Å². The monoisotopic (exact) mass is 197 g/mol. The quantitative estimate of drug-likeness (QED) is 0.787. The first-order chi connectivity index (χ1) is 6.38. The molecule has 1 aromatic rings. The first kappa shape index (κ1) is 8.94. The first-order valence-electron chi connectivity index (χ1n) is 4.95. The minimum absolute atomic E-state index is 0.931. The third kappa shape index (κ3) is 2.66. The zero-order chi connectivity index (χ0) is 9.10. The number of anilines is 1. The molecule has 0 amide bonds. The highest BCUT2D eigenvalue weighted by atomic mass is 32.1. The summed E-state index contributed by atoms with van der Waals surface area (Å²) >= 11 is 1.47. The normalized spacial score (nSPS) is 16.1. The number of aryl methyl sites for hydroxylation is 1. The van der Waals surface area contributed by atoms with Gasteiger partial charge in [0.25, 0.3) is 0 Å². The number of rotatable bonds is 5. The molecule has 1 aromatic heterocycles. The Hall–Kier alpha value is -0.640. The van der Waals surface area contributed by atoms with Crippen molar-refractivity contribution in [1.82, 2.24) is 9.36 Å². The van der Waals surface area contributed by atoms with Gasteiger partial charge in [-0.15, -0.1) is 0 Å². The van der Waals surface area contributed by atoms with Gasteiger partial charge in [-0.2, -0.15) is 4.37 Å². The van der Waals surface area contributed by atoms with Crippen LogP contribution in [-0.2, 0) is 6.42 Å². The Morgan fingerprint density at radius 1 is 1.54 bits per heavy atom. The largest absolute Gasteiger partial charge is 0.360 e. The molecule has 3 nitrogen and oxygen atoms in total. The molecule has 0 aromatic carbocycles. The molecule has 72 valence electrons. The highest BCUT2D eigenvalue weighted by Gasteiger charge is 2.20. The number of nitrogens with zero attached hydrogens (tertiary/aromatic N) is 2. The molecule has 0 radical (unpaired) electrons. The molecule has 1 aliphatic rings. The average molecular weight is 197 g/mol. The molecule has 13 heavy (non-hydrogen) atoms. The molecule has 0 spiro atoms. The second-order valence-electron chi connectivity index (χ2n) is 3.53. The summed E-state index contributed by atoms with van der Waals surface area (Å²) in [5, 5.41) is 4.30. The van der Waals surface area contributed by atoms with Gasteiger partial charge in [-0.3, -0.25) is 0 Å². The van der Waals surface area contributed by atoms with Gasteiger partial charge in [0, 0.05) is 24.5 Å². The van der Waals surface area contributed by atoms with Crippen LogP contribution >= 0.6 is 11.5 Å². The van der Waals surface area contributed by atoms with Crippen LogP contribution in [0, 0.1) is 5.92 Å². The molecule has 2 rings (SSSR count). The van der Waals surface area contributed by atoms with Crippen LogP contribution in [0.5, 0.6) is 0 Å². The van der Waals surface area contributed by atoms with Crippen LogP contribution in [-0.4, -0.2) is 15.9 Å². The van der Waals surface area contributed by atoms with Gasteiger partial charge >= 0.3 is 0 Å². The summed E-state index contributed by atoms with van der Waals surface area (Å²) < 4.78 is 4.22. The van der Waals surface area contributed by atoms with Gasteiger partial charge in [0.1, 0.15) is 5.82 Å². The maximum Gasteiger partial charge on any atom is 0.202 e. The summed E-state index contributed by atoms with van der Waals surface area (Å²) in [5.74, 6) is 1.95. The predicted molar refractivity (Wildman–Crippen MR) is 55.1 cm³/mol. The lowest BCUT2D eigenvalue weighted by molar-refractivity contribution is 0.759. The third-order valence-electron chi connectivity index (χ3n) is 2.31. The van der Waals surface area contributed by atoms with E-state index in [2.05, 4.69) is 21.6 Å². The smallest absolute Gasteiger partial charge is 0.202 e. The van der Waals surface area contributed by atoms with E-state index in [1.807, 2.05) is 0 Å². The van der Waals surface area contributed by atoms with Gasteiger partial charge < -0.3 is 5.32 Å². The Bertz CT molecular complexity index is 268. The van der Waals surface area contributed by atoms with Crippen molar-refractivity contribution in [1.29, 1.82) is 0 Å². The fraction of sp³-hybridized carbons (Fsp3) is 0.778. The van der Waals surface area contributed by atoms with Crippen molar-refractivity contribution in [2.75, 3.05) is 11.9 Å². The number of nitrogens with one attached hydrogen (secondary N) is 1. The summed E-state index contributed by atoms with van der Waals surface area (Å²) in [7, 11) is 0. The summed E-state index contributed by atoms with van der Waals surface area (Å²) in [6.07, 6.45) is 5.08. The molecule has 0 saturated heterocycles. The lowest BCUT2D eigenvalue weighted by Crippen LogP contribution is -2.01. The lowest BCUT2D eigenvalue weighted by Gasteiger charge is -1.98. The zero-order valence-electron chi connectivity index (χ0n) is 7.92. The number of aromatic nitrogens is 2. The second-order valence-corrected chi connectivity index (χ2v) is 4.28. The van der Waals surface area contributed by atoms with Crippen molar-refractivity contribution in [2.45, 2.75) is 32.6 Å². The summed E-state index contributed by atoms with van der Waals surface area (Å²) in [6.45, 7) is 3.14. The molecule has 1 N–H and O–H groups in total. The Morgan fingerprint density at radius 2 is 2.38 bits per heavy atom. The molecule has 1 heterocycles. The summed E-state index contributed by atoms with van der Waals surface area (Å²) in [6, 6.07) is 0. The molecular weight excluding hydrogens is 182 g/mol. The Morgan fingerprint density at radius 3 is 3.00 bits per heavy atom. The van der Waals surface area contributed by atoms with Gasteiger partial charge in [0.05, 0.1) is 0 Å². The standard InChI is InChI=1S/C9H15N3S/c1-2-8-11-9(13-12-8)10-6-5-7-3-4-7/h7H,2-6H2,1H3,(H,10,11,12). The highest BCUT2D eigenvalue weighted by molar-refractivity contribution is 7.09. The minimum atomic E-state index is 0.931. The Balaban J connectivity index is 1.72. The predicted octanol–water partition coefficient (Wildman–Crippen LogP) is 2.31. The minimum Gasteiger partial charge on any atom is -0.360 e. The van der Waals surface area contributed by atoms with E-state index in [1.165, 1.54) is 30.8 Å². The SMILES string of the molecule is CCc1nsc(NCCC2CC2)n1. The first-order valence-corrected chi connectivity index (χ1v) is 5.72. The van der Waals surface area contributed by atoms with E-state index in [0.717, 1.165) is 29.8 Å². The van der Waals surface area contributed by atoms with Gasteiger partial charge in [0.15, 0.2) is 0 Å². The van der Waals surface area contributed by atoms with Crippen molar-refractivity contribution < 1.29 is 0 Å². The molecule has 4 heteroatoms. The maximum atomic E-state index is 4.34. The Labute approximate surface area is 82.8 Å². The van der Waals surface area contributed by atoms with E-state index in [9.17, 15) is 0 Å². The van der Waals surface area contributed by atoms with Crippen molar-refractivity contribution in [3.05, 3.63) is 5.82 Å². The van der Waals surface area contributed by atoms with E-state index in [-0.39, 0.29) is 0 Å². The molecule has 1 aliphatic carbocycles. The van der Waals surface area contributed by atoms with Gasteiger partial charge in [0.2, 0.25) is 5.13 Å². The maximum absolute atomic E-state index is 4.34. The average Bonchev–Trinajstić information content (AvgIpc) is 2.84. The molecule has 0 atom stereocenters. The van der Waals surface area contributed by atoms with Gasteiger partial charge in [-0.05, 0) is 12.3 Å². The number of hydrogen-bond donors (Lipinski definition) is 1. The van der Waals surface area contributed by atoms with Crippen LogP contribution in [0.4, 0.5) is 5.13 Å². The summed E-state index contributed by atoms with van der Waals surface area (Å²) in [4.78, 5) is 4.34. The van der Waals surface area contributed by atoms with E-state index in [0.29, 0.717) is 0 Å². The van der Waals surface area contributed by atoms with E-state index >= 15 is 0 Å². The summed E-state index contributed by atoms with van der Waals surface area (Å²) in [5.41, 5.74) is 0. The topological polar surface area (TPSA) is 37.8 Å². The van der Waals surface area contributed by atoms with Crippen LogP contribution in [0.3, 0.4) is 0 Å². The van der Waals surface area contributed by atoms with Gasteiger partial charge in [-0.25, -0.2) is 4.98 Å². The van der Waals surface area contributed by atoms with Gasteiger partial charge in [-0.1, -0.05) is 19.8 Å². The highest BCUT2D eigenvalue weighted by Crippen LogP contribution is 2.32. The van der Waals surface area contributed by atoms with Crippen molar-refractivity contribution in [3.8, 4) is 0 Å². The Kier molecular flexibility index (Phi) is 2.78. The second kappa shape index (κ2) is 4.05. The van der Waals surface area contributed by atoms with E-state index in [1.54, 1.807) is 0 Å². The fourth-order valence-corrected chi connectivity index (χ4v) is 1.93. The molecule has 1 saturated carbocycles. The third-order valence-corrected chi connectivity index (χ3v) is 3.02. The van der Waals surface area contributed by atoms with Crippen LogP contribution in [0.1, 0.15) is 32.0 Å².